The Morgan fingerprint density at radius 1 is 1.56 bits per heavy atom. The van der Waals surface area contributed by atoms with Gasteiger partial charge in [0.25, 0.3) is 0 Å². The molecule has 0 aliphatic carbocycles. The summed E-state index contributed by atoms with van der Waals surface area (Å²) in [6.45, 7) is 3.63. The predicted molar refractivity (Wildman–Crippen MR) is 41.4 cm³/mol. The van der Waals surface area contributed by atoms with Gasteiger partial charge in [0.15, 0.2) is 0 Å². The van der Waals surface area contributed by atoms with Crippen LogP contribution in [0.5, 0.6) is 0 Å². The van der Waals surface area contributed by atoms with E-state index in [2.05, 4.69) is 6.92 Å². The fourth-order valence-corrected chi connectivity index (χ4v) is 4.66. The molecule has 1 radical (unpaired) electrons. The molecule has 0 aromatic heterocycles. The molecule has 0 bridgehead atoms. The van der Waals surface area contributed by atoms with Crippen LogP contribution in [0.1, 0.15) is 12.8 Å². The van der Waals surface area contributed by atoms with E-state index in [-0.39, 0.29) is 0 Å². The molecule has 9 heavy (non-hydrogen) atoms. The number of unbranched alkanes of at least 4 members (excludes halogenated alkanes) is 1. The Balaban J connectivity index is 3.30. The van der Waals surface area contributed by atoms with Crippen molar-refractivity contribution in [1.82, 2.24) is 0 Å². The minimum atomic E-state index is -2.60. The Kier molecular flexibility index (Phi) is 4.59. The second-order valence-electron chi connectivity index (χ2n) is 1.87. The zero-order chi connectivity index (χ0) is 7.33. The third-order valence-electron chi connectivity index (χ3n) is 0.791. The van der Waals surface area contributed by atoms with Crippen molar-refractivity contribution in [1.29, 1.82) is 0 Å². The van der Waals surface area contributed by atoms with E-state index < -0.39 is 22.7 Å². The Bertz CT molecular complexity index is 150. The summed E-state index contributed by atoms with van der Waals surface area (Å²) < 4.78 is 21.1. The van der Waals surface area contributed by atoms with Crippen molar-refractivity contribution in [2.45, 2.75) is 18.1 Å². The zero-order valence-electron chi connectivity index (χ0n) is 5.55. The molecule has 0 saturated heterocycles. The quantitative estimate of drug-likeness (QED) is 0.498. The Morgan fingerprint density at radius 3 is 2.44 bits per heavy atom. The summed E-state index contributed by atoms with van der Waals surface area (Å²) in [4.78, 5) is 0. The molecule has 0 amide bonds. The maximum absolute atomic E-state index is 10.5. The van der Waals surface area contributed by atoms with Gasteiger partial charge in [0.2, 0.25) is 0 Å². The topological polar surface area (TPSA) is 34.1 Å². The van der Waals surface area contributed by atoms with Crippen molar-refractivity contribution < 1.29 is 8.42 Å². The predicted octanol–water partition coefficient (Wildman–Crippen LogP) is 0.415. The molecule has 0 aliphatic rings. The third kappa shape index (κ3) is 8.51. The molecule has 1 unspecified atom stereocenters. The Morgan fingerprint density at radius 2 is 2.11 bits per heavy atom. The van der Waals surface area contributed by atoms with Crippen molar-refractivity contribution in [2.75, 3.05) is 6.26 Å². The molecule has 4 heteroatoms. The summed E-state index contributed by atoms with van der Waals surface area (Å²) in [6, 6.07) is 0. The first-order valence-electron chi connectivity index (χ1n) is 2.80. The monoisotopic (exact) mass is 211 g/mol. The number of hydrogen-bond donors (Lipinski definition) is 0. The van der Waals surface area contributed by atoms with Gasteiger partial charge in [-0.3, -0.25) is 0 Å². The van der Waals surface area contributed by atoms with Gasteiger partial charge in [0, 0.05) is 0 Å². The molecule has 0 spiro atoms. The van der Waals surface area contributed by atoms with Gasteiger partial charge >= 0.3 is 62.3 Å². The molecule has 2 nitrogen and oxygen atoms in total. The standard InChI is InChI=1S/C5H12AsO2S/c1-3-4-5-6-9(2,7)8/h6H,1,3-5H2,2H3. The van der Waals surface area contributed by atoms with Crippen LogP contribution in [0.3, 0.4) is 0 Å². The van der Waals surface area contributed by atoms with Gasteiger partial charge in [-0.15, -0.1) is 0 Å². The summed E-state index contributed by atoms with van der Waals surface area (Å²) in [5, 5.41) is 0.877. The van der Waals surface area contributed by atoms with Crippen LogP contribution >= 0.6 is 0 Å². The van der Waals surface area contributed by atoms with Crippen LogP contribution in [0.4, 0.5) is 0 Å². The maximum atomic E-state index is 10.5. The van der Waals surface area contributed by atoms with E-state index in [1.807, 2.05) is 0 Å². The van der Waals surface area contributed by atoms with Crippen LogP contribution in [0, 0.1) is 6.92 Å². The molecule has 0 rings (SSSR count). The molecular weight excluding hydrogens is 199 g/mol. The molecule has 0 saturated carbocycles. The van der Waals surface area contributed by atoms with Crippen molar-refractivity contribution in [3.8, 4) is 0 Å². The van der Waals surface area contributed by atoms with Crippen molar-refractivity contribution >= 4 is 22.7 Å². The van der Waals surface area contributed by atoms with Crippen LogP contribution in [0.15, 0.2) is 0 Å². The van der Waals surface area contributed by atoms with Crippen molar-refractivity contribution in [2.24, 2.45) is 0 Å². The van der Waals surface area contributed by atoms with Gasteiger partial charge in [0.1, 0.15) is 0 Å². The average Bonchev–Trinajstić information content (AvgIpc) is 1.63. The van der Waals surface area contributed by atoms with Crippen LogP contribution < -0.4 is 0 Å². The van der Waals surface area contributed by atoms with E-state index in [1.54, 1.807) is 0 Å². The Hall–Kier alpha value is 0.508. The summed E-state index contributed by atoms with van der Waals surface area (Å²) in [5.41, 5.74) is 0. The Labute approximate surface area is 62.6 Å². The molecule has 0 aromatic rings. The molecule has 0 N–H and O–H groups in total. The van der Waals surface area contributed by atoms with E-state index in [0.717, 1.165) is 18.1 Å². The molecule has 0 heterocycles. The second-order valence-corrected chi connectivity index (χ2v) is 11.2. The van der Waals surface area contributed by atoms with E-state index >= 15 is 0 Å². The molecule has 0 aliphatic heterocycles. The van der Waals surface area contributed by atoms with Crippen molar-refractivity contribution in [3.63, 3.8) is 0 Å². The molecule has 55 valence electrons. The molecule has 1 atom stereocenters. The number of rotatable bonds is 4. The van der Waals surface area contributed by atoms with Crippen LogP contribution in [-0.4, -0.2) is 29.3 Å². The fraction of sp³-hybridized carbons (Fsp3) is 0.800. The molecular formula is C5H12AsO2S. The zero-order valence-corrected chi connectivity index (χ0v) is 8.47. The van der Waals surface area contributed by atoms with Crippen LogP contribution in [0.2, 0.25) is 5.21 Å². The van der Waals surface area contributed by atoms with Crippen LogP contribution in [0.25, 0.3) is 0 Å². The number of hydrogen-bond acceptors (Lipinski definition) is 2. The SMILES string of the molecule is [CH2]CCC[AsH]S(C)(=O)=O. The van der Waals surface area contributed by atoms with Gasteiger partial charge in [-0.2, -0.15) is 0 Å². The van der Waals surface area contributed by atoms with E-state index in [9.17, 15) is 8.42 Å². The van der Waals surface area contributed by atoms with Gasteiger partial charge in [-0.25, -0.2) is 0 Å². The van der Waals surface area contributed by atoms with Gasteiger partial charge < -0.3 is 0 Å². The molecule has 0 fully saturated rings. The second kappa shape index (κ2) is 4.34. The van der Waals surface area contributed by atoms with E-state index in [4.69, 9.17) is 0 Å². The normalized spacial score (nSPS) is 13.1. The van der Waals surface area contributed by atoms with Gasteiger partial charge in [0.05, 0.1) is 0 Å². The minimum absolute atomic E-state index is 0.715. The fourth-order valence-electron chi connectivity index (χ4n) is 0.383. The van der Waals surface area contributed by atoms with Crippen LogP contribution in [-0.2, 0) is 8.10 Å². The summed E-state index contributed by atoms with van der Waals surface area (Å²) in [7, 11) is -2.60. The molecule has 0 aromatic carbocycles. The first kappa shape index (κ1) is 9.51. The van der Waals surface area contributed by atoms with Gasteiger partial charge in [-0.1, -0.05) is 0 Å². The first-order chi connectivity index (χ1) is 4.06. The first-order valence-corrected chi connectivity index (χ1v) is 8.74. The summed E-state index contributed by atoms with van der Waals surface area (Å²) in [5.74, 6) is 0. The van der Waals surface area contributed by atoms with Gasteiger partial charge in [-0.05, 0) is 0 Å². The average molecular weight is 211 g/mol. The third-order valence-corrected chi connectivity index (χ3v) is 6.85. The summed E-state index contributed by atoms with van der Waals surface area (Å²) in [6.07, 6.45) is 3.14. The summed E-state index contributed by atoms with van der Waals surface area (Å²) >= 11 is -0.715. The van der Waals surface area contributed by atoms with E-state index in [1.165, 1.54) is 6.26 Å². The van der Waals surface area contributed by atoms with E-state index in [0.29, 0.717) is 0 Å². The van der Waals surface area contributed by atoms with Crippen molar-refractivity contribution in [3.05, 3.63) is 6.92 Å².